The van der Waals surface area contributed by atoms with Gasteiger partial charge in [0, 0.05) is 18.9 Å². The van der Waals surface area contributed by atoms with Crippen molar-refractivity contribution in [3.63, 3.8) is 0 Å². The molecule has 1 rings (SSSR count). The number of nitrogens with one attached hydrogen (secondary N) is 1. The first-order chi connectivity index (χ1) is 6.33. The van der Waals surface area contributed by atoms with Crippen LogP contribution in [0.15, 0.2) is 18.7 Å². The van der Waals surface area contributed by atoms with Crippen LogP contribution in [0.5, 0.6) is 0 Å². The van der Waals surface area contributed by atoms with Gasteiger partial charge in [0.15, 0.2) is 0 Å². The Balaban J connectivity index is 2.06. The van der Waals surface area contributed by atoms with E-state index in [4.69, 9.17) is 6.42 Å². The molecule has 3 nitrogen and oxygen atoms in total. The van der Waals surface area contributed by atoms with E-state index in [9.17, 15) is 0 Å². The predicted molar refractivity (Wildman–Crippen MR) is 53.1 cm³/mol. The summed E-state index contributed by atoms with van der Waals surface area (Å²) >= 11 is 0. The molecule has 0 aliphatic carbocycles. The molecule has 1 aromatic heterocycles. The van der Waals surface area contributed by atoms with Crippen molar-refractivity contribution in [1.82, 2.24) is 14.9 Å². The molecule has 1 unspecified atom stereocenters. The van der Waals surface area contributed by atoms with Gasteiger partial charge in [-0.15, -0.1) is 6.42 Å². The molecule has 0 amide bonds. The summed E-state index contributed by atoms with van der Waals surface area (Å²) in [6.07, 6.45) is 11.9. The third-order valence-electron chi connectivity index (χ3n) is 1.85. The van der Waals surface area contributed by atoms with Crippen LogP contribution in [0.2, 0.25) is 0 Å². The molecule has 0 aliphatic heterocycles. The Bertz CT molecular complexity index is 258. The van der Waals surface area contributed by atoms with Crippen LogP contribution in [0.3, 0.4) is 0 Å². The number of hydrogen-bond acceptors (Lipinski definition) is 2. The van der Waals surface area contributed by atoms with Crippen LogP contribution < -0.4 is 5.32 Å². The third-order valence-corrected chi connectivity index (χ3v) is 1.85. The summed E-state index contributed by atoms with van der Waals surface area (Å²) in [5.74, 6) is 2.63. The van der Waals surface area contributed by atoms with Gasteiger partial charge in [0.2, 0.25) is 0 Å². The molecule has 13 heavy (non-hydrogen) atoms. The molecule has 0 saturated carbocycles. The third kappa shape index (κ3) is 3.77. The minimum absolute atomic E-state index is 0.169. The van der Waals surface area contributed by atoms with Crippen molar-refractivity contribution in [2.45, 2.75) is 25.9 Å². The standard InChI is InChI=1S/C10H15N3/c1-3-10(2)12-5-4-7-13-8-6-11-9-13/h1,6,8-10,12H,4-5,7H2,2H3. The van der Waals surface area contributed by atoms with Gasteiger partial charge in [-0.3, -0.25) is 0 Å². The maximum Gasteiger partial charge on any atom is 0.0945 e. The van der Waals surface area contributed by atoms with Gasteiger partial charge in [0.05, 0.1) is 12.4 Å². The van der Waals surface area contributed by atoms with Gasteiger partial charge in [-0.25, -0.2) is 4.98 Å². The highest BCUT2D eigenvalue weighted by molar-refractivity contribution is 4.95. The molecule has 1 atom stereocenters. The summed E-state index contributed by atoms with van der Waals surface area (Å²) < 4.78 is 2.06. The maximum absolute atomic E-state index is 5.22. The molecule has 1 N–H and O–H groups in total. The summed E-state index contributed by atoms with van der Waals surface area (Å²) in [4.78, 5) is 3.96. The lowest BCUT2D eigenvalue weighted by atomic mass is 10.3. The second kappa shape index (κ2) is 5.39. The molecule has 1 heterocycles. The number of rotatable bonds is 5. The minimum Gasteiger partial charge on any atom is -0.337 e. The number of aryl methyl sites for hydroxylation is 1. The first kappa shape index (κ1) is 9.82. The van der Waals surface area contributed by atoms with Crippen molar-refractivity contribution in [2.75, 3.05) is 6.54 Å². The van der Waals surface area contributed by atoms with Gasteiger partial charge in [0.25, 0.3) is 0 Å². The lowest BCUT2D eigenvalue weighted by Crippen LogP contribution is -2.25. The van der Waals surface area contributed by atoms with Gasteiger partial charge in [-0.2, -0.15) is 0 Å². The molecular formula is C10H15N3. The van der Waals surface area contributed by atoms with Gasteiger partial charge >= 0.3 is 0 Å². The molecule has 0 bridgehead atoms. The molecule has 0 aliphatic rings. The summed E-state index contributed by atoms with van der Waals surface area (Å²) in [6, 6.07) is 0.169. The Morgan fingerprint density at radius 3 is 3.15 bits per heavy atom. The Morgan fingerprint density at radius 1 is 1.69 bits per heavy atom. The molecule has 1 aromatic rings. The molecule has 0 spiro atoms. The van der Waals surface area contributed by atoms with E-state index in [1.165, 1.54) is 0 Å². The summed E-state index contributed by atoms with van der Waals surface area (Å²) in [7, 11) is 0. The topological polar surface area (TPSA) is 29.9 Å². The number of aromatic nitrogens is 2. The molecule has 0 radical (unpaired) electrons. The van der Waals surface area contributed by atoms with Gasteiger partial charge < -0.3 is 9.88 Å². The van der Waals surface area contributed by atoms with Crippen LogP contribution in [0.4, 0.5) is 0 Å². The fourth-order valence-corrected chi connectivity index (χ4v) is 1.06. The monoisotopic (exact) mass is 177 g/mol. The quantitative estimate of drug-likeness (QED) is 0.534. The van der Waals surface area contributed by atoms with Crippen LogP contribution in [0.25, 0.3) is 0 Å². The largest absolute Gasteiger partial charge is 0.337 e. The first-order valence-corrected chi connectivity index (χ1v) is 4.48. The zero-order valence-corrected chi connectivity index (χ0v) is 7.90. The lowest BCUT2D eigenvalue weighted by molar-refractivity contribution is 0.564. The normalized spacial score (nSPS) is 12.3. The minimum atomic E-state index is 0.169. The SMILES string of the molecule is C#CC(C)NCCCn1ccnc1. The van der Waals surface area contributed by atoms with Crippen molar-refractivity contribution in [3.05, 3.63) is 18.7 Å². The molecule has 0 saturated heterocycles. The van der Waals surface area contributed by atoms with E-state index in [1.807, 2.05) is 19.4 Å². The number of hydrogen-bond donors (Lipinski definition) is 1. The summed E-state index contributed by atoms with van der Waals surface area (Å²) in [5.41, 5.74) is 0. The second-order valence-corrected chi connectivity index (χ2v) is 3.00. The zero-order valence-electron chi connectivity index (χ0n) is 7.90. The van der Waals surface area contributed by atoms with Crippen LogP contribution in [-0.2, 0) is 6.54 Å². The average molecular weight is 177 g/mol. The molecule has 0 aromatic carbocycles. The molecular weight excluding hydrogens is 162 g/mol. The van der Waals surface area contributed by atoms with Crippen molar-refractivity contribution < 1.29 is 0 Å². The average Bonchev–Trinajstić information content (AvgIpc) is 2.64. The fourth-order valence-electron chi connectivity index (χ4n) is 1.06. The first-order valence-electron chi connectivity index (χ1n) is 4.48. The Hall–Kier alpha value is -1.27. The highest BCUT2D eigenvalue weighted by atomic mass is 15.0. The van der Waals surface area contributed by atoms with Crippen molar-refractivity contribution in [3.8, 4) is 12.3 Å². The fraction of sp³-hybridized carbons (Fsp3) is 0.500. The maximum atomic E-state index is 5.22. The highest BCUT2D eigenvalue weighted by Crippen LogP contribution is 1.89. The smallest absolute Gasteiger partial charge is 0.0945 e. The lowest BCUT2D eigenvalue weighted by Gasteiger charge is -2.06. The number of nitrogens with zero attached hydrogens (tertiary/aromatic N) is 2. The van der Waals surface area contributed by atoms with Gasteiger partial charge in [-0.05, 0) is 19.9 Å². The molecule has 0 fully saturated rings. The van der Waals surface area contributed by atoms with E-state index < -0.39 is 0 Å². The number of imidazole rings is 1. The number of terminal acetylenes is 1. The Labute approximate surface area is 79.2 Å². The van der Waals surface area contributed by atoms with E-state index in [2.05, 4.69) is 20.8 Å². The summed E-state index contributed by atoms with van der Waals surface area (Å²) in [6.45, 7) is 3.92. The van der Waals surface area contributed by atoms with Crippen molar-refractivity contribution in [2.24, 2.45) is 0 Å². The Kier molecular flexibility index (Phi) is 4.07. The Morgan fingerprint density at radius 2 is 2.54 bits per heavy atom. The second-order valence-electron chi connectivity index (χ2n) is 3.00. The van der Waals surface area contributed by atoms with Crippen LogP contribution >= 0.6 is 0 Å². The van der Waals surface area contributed by atoms with E-state index >= 15 is 0 Å². The van der Waals surface area contributed by atoms with Crippen molar-refractivity contribution >= 4 is 0 Å². The van der Waals surface area contributed by atoms with Crippen LogP contribution in [-0.4, -0.2) is 22.1 Å². The van der Waals surface area contributed by atoms with E-state index in [0.717, 1.165) is 19.5 Å². The van der Waals surface area contributed by atoms with Crippen LogP contribution in [0.1, 0.15) is 13.3 Å². The van der Waals surface area contributed by atoms with E-state index in [0.29, 0.717) is 0 Å². The zero-order chi connectivity index (χ0) is 9.52. The van der Waals surface area contributed by atoms with Gasteiger partial charge in [0.1, 0.15) is 0 Å². The molecule has 3 heteroatoms. The van der Waals surface area contributed by atoms with E-state index in [1.54, 1.807) is 6.20 Å². The van der Waals surface area contributed by atoms with Crippen LogP contribution in [0, 0.1) is 12.3 Å². The highest BCUT2D eigenvalue weighted by Gasteiger charge is 1.94. The van der Waals surface area contributed by atoms with Gasteiger partial charge in [-0.1, -0.05) is 5.92 Å². The van der Waals surface area contributed by atoms with E-state index in [-0.39, 0.29) is 6.04 Å². The molecule has 70 valence electrons. The summed E-state index contributed by atoms with van der Waals surface area (Å²) in [5, 5.41) is 3.22. The van der Waals surface area contributed by atoms with Crippen molar-refractivity contribution in [1.29, 1.82) is 0 Å². The predicted octanol–water partition coefficient (Wildman–Crippen LogP) is 0.884.